The molecular formula is C15H31IN4O2S. The molecule has 2 aliphatic rings. The summed E-state index contributed by atoms with van der Waals surface area (Å²) in [6, 6.07) is 0. The van der Waals surface area contributed by atoms with Crippen LogP contribution in [0, 0.1) is 5.92 Å². The number of guanidine groups is 1. The summed E-state index contributed by atoms with van der Waals surface area (Å²) < 4.78 is 23.5. The zero-order chi connectivity index (χ0) is 16.4. The predicted molar refractivity (Wildman–Crippen MR) is 106 cm³/mol. The van der Waals surface area contributed by atoms with Crippen molar-refractivity contribution in [3.05, 3.63) is 0 Å². The highest BCUT2D eigenvalue weighted by Crippen LogP contribution is 2.23. The van der Waals surface area contributed by atoms with E-state index in [2.05, 4.69) is 27.2 Å². The minimum absolute atomic E-state index is 0. The molecule has 0 aromatic carbocycles. The highest BCUT2D eigenvalue weighted by atomic mass is 127. The van der Waals surface area contributed by atoms with Crippen molar-refractivity contribution in [1.82, 2.24) is 15.1 Å². The van der Waals surface area contributed by atoms with Gasteiger partial charge in [-0.15, -0.1) is 24.0 Å². The number of piperidine rings is 1. The molecule has 0 aromatic rings. The zero-order valence-corrected chi connectivity index (χ0v) is 17.9. The van der Waals surface area contributed by atoms with Gasteiger partial charge in [-0.3, -0.25) is 4.99 Å². The Morgan fingerprint density at radius 3 is 2.39 bits per heavy atom. The third-order valence-electron chi connectivity index (χ3n) is 4.94. The van der Waals surface area contributed by atoms with Crippen LogP contribution in [0.1, 0.15) is 26.7 Å². The third kappa shape index (κ3) is 5.19. The van der Waals surface area contributed by atoms with E-state index >= 15 is 0 Å². The van der Waals surface area contributed by atoms with Gasteiger partial charge in [-0.2, -0.15) is 0 Å². The van der Waals surface area contributed by atoms with Gasteiger partial charge in [0.05, 0.1) is 10.5 Å². The van der Waals surface area contributed by atoms with Gasteiger partial charge >= 0.3 is 0 Å². The van der Waals surface area contributed by atoms with E-state index in [-0.39, 0.29) is 29.7 Å². The Hall–Kier alpha value is -0.0900. The Balaban J connectivity index is 0.00000264. The maximum atomic E-state index is 12.1. The van der Waals surface area contributed by atoms with Crippen LogP contribution in [0.4, 0.5) is 0 Å². The SMILES string of the molecule is CN=C(NCC1CCN(C)CC1)N1CCS(=O)(=O)C(C)(C)C1.I. The molecule has 2 heterocycles. The Bertz CT molecular complexity index is 514. The van der Waals surface area contributed by atoms with Gasteiger partial charge in [0.1, 0.15) is 0 Å². The zero-order valence-electron chi connectivity index (χ0n) is 14.7. The Kier molecular flexibility index (Phi) is 7.59. The van der Waals surface area contributed by atoms with Gasteiger partial charge < -0.3 is 15.1 Å². The summed E-state index contributed by atoms with van der Waals surface area (Å²) in [6.07, 6.45) is 2.42. The van der Waals surface area contributed by atoms with E-state index in [1.54, 1.807) is 20.9 Å². The van der Waals surface area contributed by atoms with Gasteiger partial charge in [0.2, 0.25) is 0 Å². The van der Waals surface area contributed by atoms with Gasteiger partial charge in [-0.1, -0.05) is 0 Å². The summed E-state index contributed by atoms with van der Waals surface area (Å²) in [5, 5.41) is 3.45. The first kappa shape index (κ1) is 21.0. The van der Waals surface area contributed by atoms with Gasteiger partial charge in [0, 0.05) is 26.7 Å². The second kappa shape index (κ2) is 8.33. The van der Waals surface area contributed by atoms with Crippen LogP contribution in [0.3, 0.4) is 0 Å². The van der Waals surface area contributed by atoms with Crippen molar-refractivity contribution in [2.45, 2.75) is 31.4 Å². The second-order valence-electron chi connectivity index (χ2n) is 7.17. The quantitative estimate of drug-likeness (QED) is 0.381. The van der Waals surface area contributed by atoms with E-state index < -0.39 is 14.6 Å². The fraction of sp³-hybridized carbons (Fsp3) is 0.933. The molecule has 0 saturated carbocycles. The number of nitrogens with zero attached hydrogens (tertiary/aromatic N) is 3. The summed E-state index contributed by atoms with van der Waals surface area (Å²) in [4.78, 5) is 8.79. The predicted octanol–water partition coefficient (Wildman–Crippen LogP) is 1.03. The number of hydrogen-bond acceptors (Lipinski definition) is 4. The van der Waals surface area contributed by atoms with Crippen molar-refractivity contribution >= 4 is 39.8 Å². The summed E-state index contributed by atoms with van der Waals surface area (Å²) >= 11 is 0. The third-order valence-corrected chi connectivity index (χ3v) is 7.47. The molecule has 0 atom stereocenters. The maximum Gasteiger partial charge on any atom is 0.193 e. The van der Waals surface area contributed by atoms with Crippen LogP contribution in [0.25, 0.3) is 0 Å². The summed E-state index contributed by atoms with van der Waals surface area (Å²) in [7, 11) is 0.929. The summed E-state index contributed by atoms with van der Waals surface area (Å²) in [5.74, 6) is 1.71. The van der Waals surface area contributed by atoms with Crippen LogP contribution in [-0.2, 0) is 9.84 Å². The van der Waals surface area contributed by atoms with E-state index in [9.17, 15) is 8.42 Å². The molecule has 2 rings (SSSR count). The highest BCUT2D eigenvalue weighted by Gasteiger charge is 2.41. The second-order valence-corrected chi connectivity index (χ2v) is 9.92. The molecule has 2 saturated heterocycles. The molecule has 0 radical (unpaired) electrons. The number of nitrogens with one attached hydrogen (secondary N) is 1. The molecule has 0 unspecified atom stereocenters. The van der Waals surface area contributed by atoms with E-state index in [0.29, 0.717) is 19.0 Å². The molecule has 2 fully saturated rings. The largest absolute Gasteiger partial charge is 0.356 e. The van der Waals surface area contributed by atoms with E-state index in [0.717, 1.165) is 25.6 Å². The molecule has 0 aromatic heterocycles. The van der Waals surface area contributed by atoms with Gasteiger partial charge in [0.25, 0.3) is 0 Å². The summed E-state index contributed by atoms with van der Waals surface area (Å²) in [5.41, 5.74) is 0. The minimum Gasteiger partial charge on any atom is -0.356 e. The molecule has 23 heavy (non-hydrogen) atoms. The van der Waals surface area contributed by atoms with Crippen molar-refractivity contribution in [3.8, 4) is 0 Å². The van der Waals surface area contributed by atoms with Crippen LogP contribution >= 0.6 is 24.0 Å². The van der Waals surface area contributed by atoms with Crippen molar-refractivity contribution in [1.29, 1.82) is 0 Å². The number of halogens is 1. The first-order chi connectivity index (χ1) is 10.2. The lowest BCUT2D eigenvalue weighted by atomic mass is 9.97. The molecule has 136 valence electrons. The smallest absolute Gasteiger partial charge is 0.193 e. The topological polar surface area (TPSA) is 65.0 Å². The van der Waals surface area contributed by atoms with Crippen LogP contribution in [0.5, 0.6) is 0 Å². The maximum absolute atomic E-state index is 12.1. The first-order valence-corrected chi connectivity index (χ1v) is 9.77. The van der Waals surface area contributed by atoms with Gasteiger partial charge in [0.15, 0.2) is 15.8 Å². The minimum atomic E-state index is -3.01. The van der Waals surface area contributed by atoms with Gasteiger partial charge in [-0.25, -0.2) is 8.42 Å². The van der Waals surface area contributed by atoms with Crippen molar-refractivity contribution in [2.75, 3.05) is 52.6 Å². The Morgan fingerprint density at radius 2 is 1.87 bits per heavy atom. The van der Waals surface area contributed by atoms with Crippen LogP contribution in [0.2, 0.25) is 0 Å². The number of sulfone groups is 1. The molecule has 2 aliphatic heterocycles. The molecule has 0 bridgehead atoms. The van der Waals surface area contributed by atoms with Gasteiger partial charge in [-0.05, 0) is 52.7 Å². The first-order valence-electron chi connectivity index (χ1n) is 8.11. The average Bonchev–Trinajstić information content (AvgIpc) is 2.45. The number of aliphatic imine (C=N–C) groups is 1. The standard InChI is InChI=1S/C15H30N4O2S.HI/c1-15(2)12-19(9-10-22(15,20)21)14(16-3)17-11-13-5-7-18(4)8-6-13;/h13H,5-12H2,1-4H3,(H,16,17);1H. The Labute approximate surface area is 158 Å². The lowest BCUT2D eigenvalue weighted by molar-refractivity contribution is 0.218. The highest BCUT2D eigenvalue weighted by molar-refractivity contribution is 14.0. The lowest BCUT2D eigenvalue weighted by Crippen LogP contribution is -2.57. The van der Waals surface area contributed by atoms with Crippen molar-refractivity contribution < 1.29 is 8.42 Å². The monoisotopic (exact) mass is 458 g/mol. The molecular weight excluding hydrogens is 427 g/mol. The molecule has 8 heteroatoms. The number of hydrogen-bond donors (Lipinski definition) is 1. The fourth-order valence-electron chi connectivity index (χ4n) is 3.16. The van der Waals surface area contributed by atoms with E-state index in [1.165, 1.54) is 12.8 Å². The average molecular weight is 458 g/mol. The van der Waals surface area contributed by atoms with Crippen LogP contribution in [0.15, 0.2) is 4.99 Å². The Morgan fingerprint density at radius 1 is 1.26 bits per heavy atom. The lowest BCUT2D eigenvalue weighted by Gasteiger charge is -2.39. The number of rotatable bonds is 2. The fourth-order valence-corrected chi connectivity index (χ4v) is 4.52. The van der Waals surface area contributed by atoms with Crippen molar-refractivity contribution in [2.24, 2.45) is 10.9 Å². The molecule has 0 aliphatic carbocycles. The molecule has 1 N–H and O–H groups in total. The normalized spacial score (nSPS) is 25.7. The van der Waals surface area contributed by atoms with E-state index in [4.69, 9.17) is 0 Å². The van der Waals surface area contributed by atoms with Crippen LogP contribution in [-0.4, -0.2) is 81.5 Å². The summed E-state index contributed by atoms with van der Waals surface area (Å²) in [6.45, 7) is 7.86. The molecule has 0 spiro atoms. The van der Waals surface area contributed by atoms with Crippen LogP contribution < -0.4 is 5.32 Å². The molecule has 6 nitrogen and oxygen atoms in total. The number of likely N-dealkylation sites (tertiary alicyclic amines) is 1. The molecule has 0 amide bonds. The van der Waals surface area contributed by atoms with Crippen molar-refractivity contribution in [3.63, 3.8) is 0 Å². The van der Waals surface area contributed by atoms with E-state index in [1.807, 2.05) is 0 Å².